The summed E-state index contributed by atoms with van der Waals surface area (Å²) in [5.74, 6) is -0.00506. The predicted octanol–water partition coefficient (Wildman–Crippen LogP) is 1.44. The van der Waals surface area contributed by atoms with E-state index >= 15 is 0 Å². The summed E-state index contributed by atoms with van der Waals surface area (Å²) in [5.41, 5.74) is 0.480. The molecule has 0 aromatic carbocycles. The monoisotopic (exact) mass is 194 g/mol. The Morgan fingerprint density at radius 1 is 1.64 bits per heavy atom. The molecule has 76 valence electrons. The van der Waals surface area contributed by atoms with Gasteiger partial charge in [-0.3, -0.25) is 0 Å². The number of nitrogens with zero attached hydrogens (tertiary/aromatic N) is 2. The summed E-state index contributed by atoms with van der Waals surface area (Å²) in [6.45, 7) is 7.71. The second-order valence-corrected chi connectivity index (χ2v) is 3.50. The second kappa shape index (κ2) is 4.60. The van der Waals surface area contributed by atoms with Gasteiger partial charge in [0.15, 0.2) is 0 Å². The van der Waals surface area contributed by atoms with E-state index in [0.717, 1.165) is 0 Å². The summed E-state index contributed by atoms with van der Waals surface area (Å²) >= 11 is 0. The van der Waals surface area contributed by atoms with E-state index in [9.17, 15) is 4.79 Å². The molecule has 0 N–H and O–H groups in total. The molecule has 0 unspecified atom stereocenters. The Morgan fingerprint density at radius 2 is 2.36 bits per heavy atom. The molecule has 4 heteroatoms. The Labute approximate surface area is 83.2 Å². The first-order chi connectivity index (χ1) is 6.59. The molecule has 1 rings (SSSR count). The topological polar surface area (TPSA) is 44.1 Å². The van der Waals surface area contributed by atoms with Crippen LogP contribution in [0.4, 0.5) is 0 Å². The van der Waals surface area contributed by atoms with Crippen molar-refractivity contribution in [2.24, 2.45) is 5.92 Å². The summed E-state index contributed by atoms with van der Waals surface area (Å²) in [4.78, 5) is 20.1. The molecule has 0 radical (unpaired) electrons. The van der Waals surface area contributed by atoms with Crippen molar-refractivity contribution in [2.45, 2.75) is 20.3 Å². The quantitative estimate of drug-likeness (QED) is 0.681. The lowest BCUT2D eigenvalue weighted by molar-refractivity contribution is -0.139. The highest BCUT2D eigenvalue weighted by Gasteiger charge is 2.10. The minimum absolute atomic E-state index is 0.401. The van der Waals surface area contributed by atoms with E-state index in [1.54, 1.807) is 12.4 Å². The zero-order valence-electron chi connectivity index (χ0n) is 8.43. The smallest absolute Gasteiger partial charge is 0.330 e. The molecule has 1 aromatic heterocycles. The SMILES string of the molecule is C=C(CC(C)C)C(=O)On1ccnc1. The third-order valence-corrected chi connectivity index (χ3v) is 1.61. The van der Waals surface area contributed by atoms with Gasteiger partial charge in [0.1, 0.15) is 6.33 Å². The van der Waals surface area contributed by atoms with Crippen LogP contribution in [0.5, 0.6) is 0 Å². The Hall–Kier alpha value is -1.58. The van der Waals surface area contributed by atoms with Crippen molar-refractivity contribution in [3.05, 3.63) is 30.9 Å². The van der Waals surface area contributed by atoms with Crippen molar-refractivity contribution in [1.82, 2.24) is 9.71 Å². The fourth-order valence-electron chi connectivity index (χ4n) is 1.04. The maximum atomic E-state index is 11.4. The van der Waals surface area contributed by atoms with Gasteiger partial charge in [-0.05, 0) is 12.3 Å². The van der Waals surface area contributed by atoms with E-state index in [0.29, 0.717) is 17.9 Å². The second-order valence-electron chi connectivity index (χ2n) is 3.50. The summed E-state index contributed by atoms with van der Waals surface area (Å²) in [6, 6.07) is 0. The van der Waals surface area contributed by atoms with Crippen molar-refractivity contribution in [2.75, 3.05) is 0 Å². The van der Waals surface area contributed by atoms with Crippen LogP contribution in [0.15, 0.2) is 30.9 Å². The molecule has 0 amide bonds. The van der Waals surface area contributed by atoms with Crippen molar-refractivity contribution in [3.63, 3.8) is 0 Å². The maximum absolute atomic E-state index is 11.4. The number of rotatable bonds is 4. The first-order valence-corrected chi connectivity index (χ1v) is 4.48. The lowest BCUT2D eigenvalue weighted by Gasteiger charge is -2.07. The van der Waals surface area contributed by atoms with Crippen LogP contribution in [-0.2, 0) is 4.79 Å². The molecule has 1 heterocycles. The maximum Gasteiger partial charge on any atom is 0.359 e. The van der Waals surface area contributed by atoms with E-state index in [4.69, 9.17) is 4.84 Å². The van der Waals surface area contributed by atoms with Crippen LogP contribution in [-0.4, -0.2) is 15.7 Å². The van der Waals surface area contributed by atoms with Crippen molar-refractivity contribution in [3.8, 4) is 0 Å². The first-order valence-electron chi connectivity index (χ1n) is 4.48. The minimum atomic E-state index is -0.406. The third-order valence-electron chi connectivity index (χ3n) is 1.61. The van der Waals surface area contributed by atoms with Gasteiger partial charge >= 0.3 is 5.97 Å². The van der Waals surface area contributed by atoms with E-state index in [1.807, 2.05) is 13.8 Å². The zero-order chi connectivity index (χ0) is 10.6. The van der Waals surface area contributed by atoms with Gasteiger partial charge in [0.2, 0.25) is 0 Å². The Morgan fingerprint density at radius 3 is 2.86 bits per heavy atom. The van der Waals surface area contributed by atoms with E-state index < -0.39 is 5.97 Å². The van der Waals surface area contributed by atoms with E-state index in [1.165, 1.54) is 11.1 Å². The molecule has 0 fully saturated rings. The Balaban J connectivity index is 2.46. The summed E-state index contributed by atoms with van der Waals surface area (Å²) in [6.07, 6.45) is 5.16. The lowest BCUT2D eigenvalue weighted by Crippen LogP contribution is -2.20. The number of hydrogen-bond donors (Lipinski definition) is 0. The number of hydrogen-bond acceptors (Lipinski definition) is 3. The normalized spacial score (nSPS) is 10.2. The van der Waals surface area contributed by atoms with Crippen LogP contribution in [0.2, 0.25) is 0 Å². The first kappa shape index (κ1) is 10.5. The molecule has 0 atom stereocenters. The Bertz CT molecular complexity index is 315. The Kier molecular flexibility index (Phi) is 3.45. The summed E-state index contributed by atoms with van der Waals surface area (Å²) in [7, 11) is 0. The average molecular weight is 194 g/mol. The van der Waals surface area contributed by atoms with Gasteiger partial charge in [-0.15, -0.1) is 0 Å². The molecule has 0 aliphatic rings. The van der Waals surface area contributed by atoms with Gasteiger partial charge in [-0.2, -0.15) is 4.73 Å². The van der Waals surface area contributed by atoms with Crippen LogP contribution in [0.1, 0.15) is 20.3 Å². The van der Waals surface area contributed by atoms with Crippen LogP contribution in [0.3, 0.4) is 0 Å². The standard InChI is InChI=1S/C10H14N2O2/c1-8(2)6-9(3)10(13)14-12-5-4-11-7-12/h4-5,7-8H,3,6H2,1-2H3. The fourth-order valence-corrected chi connectivity index (χ4v) is 1.04. The van der Waals surface area contributed by atoms with E-state index in [2.05, 4.69) is 11.6 Å². The average Bonchev–Trinajstić information content (AvgIpc) is 2.55. The molecular formula is C10H14N2O2. The molecule has 0 bridgehead atoms. The van der Waals surface area contributed by atoms with E-state index in [-0.39, 0.29) is 0 Å². The van der Waals surface area contributed by atoms with Crippen LogP contribution in [0.25, 0.3) is 0 Å². The summed E-state index contributed by atoms with van der Waals surface area (Å²) in [5, 5.41) is 0. The van der Waals surface area contributed by atoms with Crippen LogP contribution >= 0.6 is 0 Å². The van der Waals surface area contributed by atoms with Crippen molar-refractivity contribution >= 4 is 5.97 Å². The minimum Gasteiger partial charge on any atom is -0.330 e. The predicted molar refractivity (Wildman–Crippen MR) is 52.4 cm³/mol. The number of carbonyl (C=O) groups excluding carboxylic acids is 1. The fraction of sp³-hybridized carbons (Fsp3) is 0.400. The lowest BCUT2D eigenvalue weighted by atomic mass is 10.1. The van der Waals surface area contributed by atoms with Gasteiger partial charge in [-0.25, -0.2) is 9.78 Å². The number of carbonyl (C=O) groups is 1. The molecule has 0 spiro atoms. The molecule has 0 aliphatic carbocycles. The van der Waals surface area contributed by atoms with Crippen LogP contribution in [0, 0.1) is 5.92 Å². The van der Waals surface area contributed by atoms with Gasteiger partial charge in [0.05, 0.1) is 6.20 Å². The van der Waals surface area contributed by atoms with Gasteiger partial charge < -0.3 is 4.84 Å². The number of aromatic nitrogens is 2. The highest BCUT2D eigenvalue weighted by Crippen LogP contribution is 2.08. The third kappa shape index (κ3) is 3.05. The molecule has 14 heavy (non-hydrogen) atoms. The van der Waals surface area contributed by atoms with Crippen LogP contribution < -0.4 is 4.84 Å². The largest absolute Gasteiger partial charge is 0.359 e. The van der Waals surface area contributed by atoms with Crippen molar-refractivity contribution in [1.29, 1.82) is 0 Å². The molecule has 4 nitrogen and oxygen atoms in total. The molecule has 0 saturated heterocycles. The van der Waals surface area contributed by atoms with Gasteiger partial charge in [0, 0.05) is 11.8 Å². The summed E-state index contributed by atoms with van der Waals surface area (Å²) < 4.78 is 1.26. The van der Waals surface area contributed by atoms with Gasteiger partial charge in [-0.1, -0.05) is 20.4 Å². The molecule has 1 aromatic rings. The molecule has 0 aliphatic heterocycles. The highest BCUT2D eigenvalue weighted by molar-refractivity contribution is 5.87. The van der Waals surface area contributed by atoms with Crippen molar-refractivity contribution < 1.29 is 9.63 Å². The van der Waals surface area contributed by atoms with Gasteiger partial charge in [0.25, 0.3) is 0 Å². The zero-order valence-corrected chi connectivity index (χ0v) is 8.43. The highest BCUT2D eigenvalue weighted by atomic mass is 16.7. The number of imidazole rings is 1. The molecular weight excluding hydrogens is 180 g/mol. The molecule has 0 saturated carbocycles.